The maximum absolute atomic E-state index is 13.2. The van der Waals surface area contributed by atoms with Gasteiger partial charge in [-0.05, 0) is 49.0 Å². The van der Waals surface area contributed by atoms with Crippen LogP contribution in [0.1, 0.15) is 38.3 Å². The van der Waals surface area contributed by atoms with E-state index in [1.807, 2.05) is 0 Å². The Bertz CT molecular complexity index is 438. The molecule has 1 aromatic carbocycles. The highest BCUT2D eigenvalue weighted by atomic mass is 35.5. The fourth-order valence-electron chi connectivity index (χ4n) is 2.66. The van der Waals surface area contributed by atoms with Crippen molar-refractivity contribution in [1.82, 2.24) is 4.90 Å². The van der Waals surface area contributed by atoms with E-state index in [9.17, 15) is 4.39 Å². The molecule has 0 amide bonds. The molecule has 1 aliphatic rings. The van der Waals surface area contributed by atoms with Gasteiger partial charge in [-0.15, -0.1) is 0 Å². The summed E-state index contributed by atoms with van der Waals surface area (Å²) >= 11 is 5.86. The Balaban J connectivity index is 2.14. The Morgan fingerprint density at radius 1 is 1.37 bits per heavy atom. The van der Waals surface area contributed by atoms with Crippen molar-refractivity contribution in [2.75, 3.05) is 19.6 Å². The molecule has 0 spiro atoms. The van der Waals surface area contributed by atoms with Crippen molar-refractivity contribution in [1.29, 1.82) is 0 Å². The molecule has 1 atom stereocenters. The smallest absolute Gasteiger partial charge is 0.141 e. The van der Waals surface area contributed by atoms with Crippen LogP contribution < -0.4 is 5.73 Å². The molecule has 0 saturated carbocycles. The Labute approximate surface area is 119 Å². The summed E-state index contributed by atoms with van der Waals surface area (Å²) in [5.74, 6) is -0.374. The highest BCUT2D eigenvalue weighted by Crippen LogP contribution is 2.34. The molecule has 106 valence electrons. The molecule has 2 nitrogen and oxygen atoms in total. The first-order valence-electron chi connectivity index (χ1n) is 6.82. The first-order chi connectivity index (χ1) is 8.93. The lowest BCUT2D eigenvalue weighted by Crippen LogP contribution is -2.42. The van der Waals surface area contributed by atoms with Gasteiger partial charge in [-0.25, -0.2) is 4.39 Å². The van der Waals surface area contributed by atoms with E-state index in [-0.39, 0.29) is 16.9 Å². The number of piperidine rings is 1. The lowest BCUT2D eigenvalue weighted by Gasteiger charge is -2.41. The third-order valence-corrected chi connectivity index (χ3v) is 4.43. The Morgan fingerprint density at radius 3 is 2.53 bits per heavy atom. The highest BCUT2D eigenvalue weighted by Gasteiger charge is 2.29. The molecule has 1 unspecified atom stereocenters. The number of hydrogen-bond donors (Lipinski definition) is 1. The molecular formula is C15H22ClFN2. The predicted octanol–water partition coefficient (Wildman–Crippen LogP) is 3.60. The van der Waals surface area contributed by atoms with Gasteiger partial charge >= 0.3 is 0 Å². The van der Waals surface area contributed by atoms with E-state index in [1.165, 1.54) is 18.9 Å². The molecule has 1 aliphatic heterocycles. The fourth-order valence-corrected chi connectivity index (χ4v) is 2.85. The molecule has 4 heteroatoms. The van der Waals surface area contributed by atoms with Gasteiger partial charge in [-0.3, -0.25) is 4.90 Å². The largest absolute Gasteiger partial charge is 0.329 e. The fraction of sp³-hybridized carbons (Fsp3) is 0.600. The summed E-state index contributed by atoms with van der Waals surface area (Å²) in [5.41, 5.74) is 7.33. The zero-order chi connectivity index (χ0) is 14.0. The van der Waals surface area contributed by atoms with E-state index >= 15 is 0 Å². The van der Waals surface area contributed by atoms with E-state index in [0.29, 0.717) is 12.0 Å². The van der Waals surface area contributed by atoms with Crippen LogP contribution in [0.25, 0.3) is 0 Å². The average molecular weight is 285 g/mol. The van der Waals surface area contributed by atoms with Crippen molar-refractivity contribution in [2.24, 2.45) is 11.1 Å². The molecule has 1 saturated heterocycles. The summed E-state index contributed by atoms with van der Waals surface area (Å²) < 4.78 is 13.2. The van der Waals surface area contributed by atoms with Crippen LogP contribution in [0.5, 0.6) is 0 Å². The maximum atomic E-state index is 13.2. The Morgan fingerprint density at radius 2 is 2.00 bits per heavy atom. The topological polar surface area (TPSA) is 29.3 Å². The number of rotatable bonds is 3. The van der Waals surface area contributed by atoms with Crippen molar-refractivity contribution in [3.8, 4) is 0 Å². The Kier molecular flexibility index (Phi) is 4.49. The van der Waals surface area contributed by atoms with Gasteiger partial charge in [0.05, 0.1) is 5.02 Å². The first-order valence-corrected chi connectivity index (χ1v) is 7.20. The molecule has 19 heavy (non-hydrogen) atoms. The number of nitrogens with two attached hydrogens (primary N) is 1. The summed E-state index contributed by atoms with van der Waals surface area (Å²) in [7, 11) is 0. The number of halogens is 2. The lowest BCUT2D eigenvalue weighted by molar-refractivity contribution is 0.0964. The van der Waals surface area contributed by atoms with Gasteiger partial charge in [-0.1, -0.05) is 31.5 Å². The molecule has 0 radical (unpaired) electrons. The first kappa shape index (κ1) is 14.8. The quantitative estimate of drug-likeness (QED) is 0.919. The molecule has 1 aromatic rings. The molecule has 0 aliphatic carbocycles. The maximum Gasteiger partial charge on any atom is 0.141 e. The van der Waals surface area contributed by atoms with Gasteiger partial charge in [0.2, 0.25) is 0 Å². The summed E-state index contributed by atoms with van der Waals surface area (Å²) in [6, 6.07) is 5.05. The standard InChI is InChI=1S/C15H22ClFN2/c1-15(2)5-7-19(8-6-15)14(10-18)11-3-4-13(17)12(16)9-11/h3-4,9,14H,5-8,10,18H2,1-2H3. The minimum absolute atomic E-state index is 0.134. The normalized spacial score (nSPS) is 21.3. The summed E-state index contributed by atoms with van der Waals surface area (Å²) in [6.07, 6.45) is 2.33. The summed E-state index contributed by atoms with van der Waals surface area (Å²) in [4.78, 5) is 2.38. The molecule has 1 heterocycles. The van der Waals surface area contributed by atoms with Crippen molar-refractivity contribution in [3.05, 3.63) is 34.6 Å². The van der Waals surface area contributed by atoms with E-state index in [2.05, 4.69) is 18.7 Å². The minimum Gasteiger partial charge on any atom is -0.329 e. The predicted molar refractivity (Wildman–Crippen MR) is 77.8 cm³/mol. The summed E-state index contributed by atoms with van der Waals surface area (Å²) in [5, 5.41) is 0.174. The van der Waals surface area contributed by atoms with Gasteiger partial charge in [0.25, 0.3) is 0 Å². The van der Waals surface area contributed by atoms with Crippen LogP contribution in [0.4, 0.5) is 4.39 Å². The number of nitrogens with zero attached hydrogens (tertiary/aromatic N) is 1. The second-order valence-corrected chi connectivity index (χ2v) is 6.53. The van der Waals surface area contributed by atoms with Crippen LogP contribution in [0.15, 0.2) is 18.2 Å². The van der Waals surface area contributed by atoms with Crippen molar-refractivity contribution >= 4 is 11.6 Å². The third-order valence-electron chi connectivity index (χ3n) is 4.14. The zero-order valence-corrected chi connectivity index (χ0v) is 12.4. The van der Waals surface area contributed by atoms with Crippen LogP contribution in [0.3, 0.4) is 0 Å². The highest BCUT2D eigenvalue weighted by molar-refractivity contribution is 6.30. The van der Waals surface area contributed by atoms with Crippen molar-refractivity contribution in [2.45, 2.75) is 32.7 Å². The monoisotopic (exact) mass is 284 g/mol. The Hall–Kier alpha value is -0.640. The van der Waals surface area contributed by atoms with Gasteiger partial charge < -0.3 is 5.73 Å². The van der Waals surface area contributed by atoms with E-state index in [4.69, 9.17) is 17.3 Å². The number of benzene rings is 1. The molecule has 0 bridgehead atoms. The van der Waals surface area contributed by atoms with E-state index in [1.54, 1.807) is 12.1 Å². The van der Waals surface area contributed by atoms with Crippen LogP contribution in [-0.4, -0.2) is 24.5 Å². The third kappa shape index (κ3) is 3.47. The van der Waals surface area contributed by atoms with Crippen LogP contribution >= 0.6 is 11.6 Å². The summed E-state index contributed by atoms with van der Waals surface area (Å²) in [6.45, 7) is 7.20. The second kappa shape index (κ2) is 5.78. The minimum atomic E-state index is -0.374. The SMILES string of the molecule is CC1(C)CCN(C(CN)c2ccc(F)c(Cl)c2)CC1. The average Bonchev–Trinajstić information content (AvgIpc) is 2.36. The van der Waals surface area contributed by atoms with Gasteiger partial charge in [0.15, 0.2) is 0 Å². The number of likely N-dealkylation sites (tertiary alicyclic amines) is 1. The van der Waals surface area contributed by atoms with Crippen molar-refractivity contribution < 1.29 is 4.39 Å². The van der Waals surface area contributed by atoms with Gasteiger partial charge in [0.1, 0.15) is 5.82 Å². The lowest BCUT2D eigenvalue weighted by atomic mass is 9.82. The van der Waals surface area contributed by atoms with Crippen LogP contribution in [0.2, 0.25) is 5.02 Å². The number of hydrogen-bond acceptors (Lipinski definition) is 2. The van der Waals surface area contributed by atoms with E-state index < -0.39 is 0 Å². The second-order valence-electron chi connectivity index (χ2n) is 6.13. The molecule has 0 aromatic heterocycles. The molecule has 2 rings (SSSR count). The molecule has 2 N–H and O–H groups in total. The van der Waals surface area contributed by atoms with Crippen molar-refractivity contribution in [3.63, 3.8) is 0 Å². The van der Waals surface area contributed by atoms with E-state index in [0.717, 1.165) is 18.7 Å². The van der Waals surface area contributed by atoms with Gasteiger partial charge in [-0.2, -0.15) is 0 Å². The van der Waals surface area contributed by atoms with Gasteiger partial charge in [0, 0.05) is 12.6 Å². The van der Waals surface area contributed by atoms with Crippen LogP contribution in [0, 0.1) is 11.2 Å². The molecule has 1 fully saturated rings. The molecular weight excluding hydrogens is 263 g/mol. The van der Waals surface area contributed by atoms with Crippen LogP contribution in [-0.2, 0) is 0 Å². The zero-order valence-electron chi connectivity index (χ0n) is 11.6.